The van der Waals surface area contributed by atoms with Crippen LogP contribution in [0.15, 0.2) is 30.5 Å². The van der Waals surface area contributed by atoms with E-state index in [2.05, 4.69) is 24.1 Å². The molecule has 19 heavy (non-hydrogen) atoms. The zero-order valence-electron chi connectivity index (χ0n) is 11.5. The van der Waals surface area contributed by atoms with Gasteiger partial charge in [0.1, 0.15) is 0 Å². The van der Waals surface area contributed by atoms with Gasteiger partial charge in [0.05, 0.1) is 17.7 Å². The van der Waals surface area contributed by atoms with Crippen LogP contribution in [0.5, 0.6) is 0 Å². The highest BCUT2D eigenvalue weighted by Crippen LogP contribution is 2.28. The van der Waals surface area contributed by atoms with E-state index < -0.39 is 0 Å². The van der Waals surface area contributed by atoms with E-state index in [9.17, 15) is 5.11 Å². The molecule has 1 aromatic heterocycles. The lowest BCUT2D eigenvalue weighted by atomic mass is 9.93. The Morgan fingerprint density at radius 3 is 2.63 bits per heavy atom. The average Bonchev–Trinajstić information content (AvgIpc) is 2.44. The van der Waals surface area contributed by atoms with Gasteiger partial charge in [-0.1, -0.05) is 13.8 Å². The van der Waals surface area contributed by atoms with Crippen molar-refractivity contribution in [1.82, 2.24) is 4.98 Å². The van der Waals surface area contributed by atoms with Crippen LogP contribution in [0, 0.1) is 0 Å². The van der Waals surface area contributed by atoms with Crippen molar-refractivity contribution in [2.45, 2.75) is 32.2 Å². The van der Waals surface area contributed by atoms with E-state index in [4.69, 9.17) is 5.73 Å². The summed E-state index contributed by atoms with van der Waals surface area (Å²) in [5.74, 6) is 0. The van der Waals surface area contributed by atoms with Crippen LogP contribution >= 0.6 is 0 Å². The molecule has 0 radical (unpaired) electrons. The van der Waals surface area contributed by atoms with Crippen LogP contribution in [0.1, 0.15) is 26.7 Å². The van der Waals surface area contributed by atoms with Crippen molar-refractivity contribution < 1.29 is 5.11 Å². The average molecular weight is 259 g/mol. The van der Waals surface area contributed by atoms with Gasteiger partial charge in [0.25, 0.3) is 0 Å². The molecule has 0 fully saturated rings. The number of benzene rings is 1. The molecule has 2 rings (SSSR count). The number of nitrogens with one attached hydrogen (secondary N) is 1. The van der Waals surface area contributed by atoms with Crippen molar-refractivity contribution in [2.24, 2.45) is 0 Å². The van der Waals surface area contributed by atoms with Crippen LogP contribution in [0.25, 0.3) is 10.9 Å². The van der Waals surface area contributed by atoms with Gasteiger partial charge in [-0.15, -0.1) is 0 Å². The number of rotatable bonds is 5. The number of hydrogen-bond acceptors (Lipinski definition) is 4. The Hall–Kier alpha value is -1.81. The van der Waals surface area contributed by atoms with Crippen LogP contribution in [-0.2, 0) is 0 Å². The maximum atomic E-state index is 9.66. The van der Waals surface area contributed by atoms with Gasteiger partial charge in [-0.2, -0.15) is 0 Å². The molecule has 0 saturated carbocycles. The largest absolute Gasteiger partial charge is 0.399 e. The third-order valence-electron chi connectivity index (χ3n) is 3.82. The van der Waals surface area contributed by atoms with Crippen LogP contribution < -0.4 is 11.1 Å². The first-order valence-corrected chi connectivity index (χ1v) is 6.67. The molecule has 4 heteroatoms. The van der Waals surface area contributed by atoms with E-state index >= 15 is 0 Å². The summed E-state index contributed by atoms with van der Waals surface area (Å²) < 4.78 is 0. The minimum Gasteiger partial charge on any atom is -0.399 e. The highest BCUT2D eigenvalue weighted by Gasteiger charge is 2.25. The first kappa shape index (κ1) is 13.6. The monoisotopic (exact) mass is 259 g/mol. The number of aliphatic hydroxyl groups is 1. The number of pyridine rings is 1. The molecular formula is C15H21N3O. The zero-order valence-corrected chi connectivity index (χ0v) is 11.5. The quantitative estimate of drug-likeness (QED) is 0.722. The molecule has 4 nitrogen and oxygen atoms in total. The second kappa shape index (κ2) is 5.45. The van der Waals surface area contributed by atoms with Crippen molar-refractivity contribution in [1.29, 1.82) is 0 Å². The Kier molecular flexibility index (Phi) is 3.90. The molecule has 0 aliphatic carbocycles. The lowest BCUT2D eigenvalue weighted by molar-refractivity contribution is 0.202. The first-order valence-electron chi connectivity index (χ1n) is 6.67. The van der Waals surface area contributed by atoms with E-state index in [0.29, 0.717) is 5.69 Å². The van der Waals surface area contributed by atoms with Crippen LogP contribution in [0.2, 0.25) is 0 Å². The van der Waals surface area contributed by atoms with Crippen LogP contribution in [-0.4, -0.2) is 22.2 Å². The standard InChI is InChI=1S/C15H21N3O/c1-3-15(4-2,10-19)18-13-7-8-17-14-9-11(16)5-6-12(13)14/h5-9,19H,3-4,10,16H2,1-2H3,(H,17,18). The minimum absolute atomic E-state index is 0.110. The van der Waals surface area contributed by atoms with Gasteiger partial charge in [0.15, 0.2) is 0 Å². The summed E-state index contributed by atoms with van der Waals surface area (Å²) in [4.78, 5) is 4.33. The molecule has 102 valence electrons. The third kappa shape index (κ3) is 2.63. The molecule has 0 spiro atoms. The molecule has 0 unspecified atom stereocenters. The maximum absolute atomic E-state index is 9.66. The van der Waals surface area contributed by atoms with E-state index in [1.54, 1.807) is 6.20 Å². The maximum Gasteiger partial charge on any atom is 0.0743 e. The number of aliphatic hydroxyl groups excluding tert-OH is 1. The molecule has 4 N–H and O–H groups in total. The van der Waals surface area contributed by atoms with Gasteiger partial charge in [0.2, 0.25) is 0 Å². The second-order valence-corrected chi connectivity index (χ2v) is 4.91. The Morgan fingerprint density at radius 1 is 1.26 bits per heavy atom. The summed E-state index contributed by atoms with van der Waals surface area (Å²) in [5.41, 5.74) is 8.06. The van der Waals surface area contributed by atoms with Crippen LogP contribution in [0.3, 0.4) is 0 Å². The smallest absolute Gasteiger partial charge is 0.0743 e. The Labute approximate surface area is 113 Å². The number of aromatic nitrogens is 1. The van der Waals surface area contributed by atoms with Gasteiger partial charge >= 0.3 is 0 Å². The van der Waals surface area contributed by atoms with Gasteiger partial charge in [-0.25, -0.2) is 0 Å². The molecular weight excluding hydrogens is 238 g/mol. The van der Waals surface area contributed by atoms with Crippen molar-refractivity contribution in [3.63, 3.8) is 0 Å². The van der Waals surface area contributed by atoms with E-state index in [1.165, 1.54) is 0 Å². The summed E-state index contributed by atoms with van der Waals surface area (Å²) in [6.07, 6.45) is 3.48. The number of nitrogens with two attached hydrogens (primary N) is 1. The fourth-order valence-electron chi connectivity index (χ4n) is 2.25. The predicted molar refractivity (Wildman–Crippen MR) is 80.2 cm³/mol. The summed E-state index contributed by atoms with van der Waals surface area (Å²) in [6, 6.07) is 7.63. The highest BCUT2D eigenvalue weighted by atomic mass is 16.3. The first-order chi connectivity index (χ1) is 9.14. The lowest BCUT2D eigenvalue weighted by Gasteiger charge is -2.32. The van der Waals surface area contributed by atoms with Gasteiger partial charge in [0, 0.05) is 23.0 Å². The van der Waals surface area contributed by atoms with Gasteiger partial charge in [-0.3, -0.25) is 4.98 Å². The Bertz CT molecular complexity index is 556. The van der Waals surface area contributed by atoms with Crippen molar-refractivity contribution >= 4 is 22.3 Å². The lowest BCUT2D eigenvalue weighted by Crippen LogP contribution is -2.40. The number of anilines is 2. The molecule has 2 aromatic rings. The highest BCUT2D eigenvalue weighted by molar-refractivity contribution is 5.92. The van der Waals surface area contributed by atoms with E-state index in [0.717, 1.165) is 29.4 Å². The molecule has 0 atom stereocenters. The van der Waals surface area contributed by atoms with E-state index in [1.807, 2.05) is 24.3 Å². The Balaban J connectivity index is 2.45. The topological polar surface area (TPSA) is 71.2 Å². The molecule has 1 heterocycles. The summed E-state index contributed by atoms with van der Waals surface area (Å²) in [7, 11) is 0. The van der Waals surface area contributed by atoms with Gasteiger partial charge in [-0.05, 0) is 37.1 Å². The molecule has 0 amide bonds. The van der Waals surface area contributed by atoms with Crippen molar-refractivity contribution in [3.8, 4) is 0 Å². The summed E-state index contributed by atoms with van der Waals surface area (Å²) in [6.45, 7) is 4.26. The van der Waals surface area contributed by atoms with Crippen molar-refractivity contribution in [2.75, 3.05) is 17.7 Å². The fourth-order valence-corrected chi connectivity index (χ4v) is 2.25. The number of nitrogens with zero attached hydrogens (tertiary/aromatic N) is 1. The summed E-state index contributed by atoms with van der Waals surface area (Å²) in [5, 5.41) is 14.2. The molecule has 0 bridgehead atoms. The predicted octanol–water partition coefficient (Wildman–Crippen LogP) is 2.78. The van der Waals surface area contributed by atoms with Gasteiger partial charge < -0.3 is 16.2 Å². The number of fused-ring (bicyclic) bond motifs is 1. The van der Waals surface area contributed by atoms with E-state index in [-0.39, 0.29) is 12.1 Å². The fraction of sp³-hybridized carbons (Fsp3) is 0.400. The number of nitrogen functional groups attached to an aromatic ring is 1. The SMILES string of the molecule is CCC(CC)(CO)Nc1ccnc2cc(N)ccc12. The molecule has 0 aliphatic heterocycles. The summed E-state index contributed by atoms with van der Waals surface area (Å²) >= 11 is 0. The molecule has 1 aromatic carbocycles. The molecule has 0 aliphatic rings. The zero-order chi connectivity index (χ0) is 13.9. The second-order valence-electron chi connectivity index (χ2n) is 4.91. The normalized spacial score (nSPS) is 11.7. The Morgan fingerprint density at radius 2 is 2.00 bits per heavy atom. The van der Waals surface area contributed by atoms with Crippen molar-refractivity contribution in [3.05, 3.63) is 30.5 Å². The molecule has 0 saturated heterocycles. The third-order valence-corrected chi connectivity index (χ3v) is 3.82. The van der Waals surface area contributed by atoms with Crippen LogP contribution in [0.4, 0.5) is 11.4 Å². The number of hydrogen-bond donors (Lipinski definition) is 3. The minimum atomic E-state index is -0.282.